The highest BCUT2D eigenvalue weighted by Crippen LogP contribution is 2.44. The number of alkyl halides is 3. The van der Waals surface area contributed by atoms with Gasteiger partial charge < -0.3 is 4.74 Å². The molecule has 0 aromatic heterocycles. The number of hydrogen-bond acceptors (Lipinski definition) is 3. The van der Waals surface area contributed by atoms with Crippen molar-refractivity contribution in [3.63, 3.8) is 0 Å². The van der Waals surface area contributed by atoms with Gasteiger partial charge in [0.05, 0.1) is 17.8 Å². The van der Waals surface area contributed by atoms with Crippen molar-refractivity contribution >= 4 is 15.9 Å². The zero-order valence-corrected chi connectivity index (χ0v) is 11.6. The molecule has 0 amide bonds. The van der Waals surface area contributed by atoms with Gasteiger partial charge in [-0.15, -0.1) is 0 Å². The minimum Gasteiger partial charge on any atom is -0.489 e. The summed E-state index contributed by atoms with van der Waals surface area (Å²) in [6.07, 6.45) is -4.60. The zero-order chi connectivity index (χ0) is 15.1. The molecule has 9 heteroatoms. The fourth-order valence-electron chi connectivity index (χ4n) is 1.88. The number of nitrogens with zero attached hydrogens (tertiary/aromatic N) is 2. The van der Waals surface area contributed by atoms with Crippen molar-refractivity contribution in [3.05, 3.63) is 23.8 Å². The van der Waals surface area contributed by atoms with Crippen LogP contribution in [0.1, 0.15) is 5.56 Å². The van der Waals surface area contributed by atoms with E-state index in [1.807, 2.05) is 0 Å². The highest BCUT2D eigenvalue weighted by Gasteiger charge is 2.39. The molecule has 0 aliphatic carbocycles. The molecule has 0 radical (unpaired) electrons. The average molecular weight is 310 g/mol. The standard InChI is InChI=1S/C11H13F3N2O3S/c1-15(2)20(17,18)16-6-7-19-10-8(11(12,13)14)4-3-5-9(10)16/h3-5H,6-7H2,1-2H3. The Morgan fingerprint density at radius 1 is 1.30 bits per heavy atom. The molecule has 112 valence electrons. The van der Waals surface area contributed by atoms with Crippen LogP contribution < -0.4 is 9.04 Å². The maximum Gasteiger partial charge on any atom is 0.420 e. The van der Waals surface area contributed by atoms with Crippen LogP contribution in [0.2, 0.25) is 0 Å². The minimum atomic E-state index is -4.60. The Morgan fingerprint density at radius 3 is 2.50 bits per heavy atom. The predicted octanol–water partition coefficient (Wildman–Crippen LogP) is 1.71. The lowest BCUT2D eigenvalue weighted by Crippen LogP contribution is -2.44. The van der Waals surface area contributed by atoms with Gasteiger partial charge in [0.1, 0.15) is 6.61 Å². The fraction of sp³-hybridized carbons (Fsp3) is 0.455. The van der Waals surface area contributed by atoms with Crippen LogP contribution in [0.4, 0.5) is 18.9 Å². The Labute approximate surface area is 114 Å². The third-order valence-corrected chi connectivity index (χ3v) is 4.71. The number of ether oxygens (including phenoxy) is 1. The third kappa shape index (κ3) is 2.42. The van der Waals surface area contributed by atoms with Crippen LogP contribution in [0.15, 0.2) is 18.2 Å². The molecule has 0 fully saturated rings. The zero-order valence-electron chi connectivity index (χ0n) is 10.8. The number of anilines is 1. The van der Waals surface area contributed by atoms with Gasteiger partial charge in [0.2, 0.25) is 0 Å². The molecule has 1 aliphatic heterocycles. The molecule has 0 spiro atoms. The second-order valence-electron chi connectivity index (χ2n) is 4.36. The van der Waals surface area contributed by atoms with Crippen molar-refractivity contribution in [2.24, 2.45) is 0 Å². The van der Waals surface area contributed by atoms with E-state index in [0.717, 1.165) is 20.7 Å². The lowest BCUT2D eigenvalue weighted by Gasteiger charge is -2.33. The van der Waals surface area contributed by atoms with Gasteiger partial charge in [0.15, 0.2) is 5.75 Å². The van der Waals surface area contributed by atoms with E-state index in [2.05, 4.69) is 0 Å². The number of fused-ring (bicyclic) bond motifs is 1. The van der Waals surface area contributed by atoms with Crippen molar-refractivity contribution in [2.45, 2.75) is 6.18 Å². The van der Waals surface area contributed by atoms with Crippen molar-refractivity contribution in [1.82, 2.24) is 4.31 Å². The SMILES string of the molecule is CN(C)S(=O)(=O)N1CCOc2c1cccc2C(F)(F)F. The van der Waals surface area contributed by atoms with E-state index >= 15 is 0 Å². The van der Waals surface area contributed by atoms with Gasteiger partial charge in [-0.3, -0.25) is 4.31 Å². The van der Waals surface area contributed by atoms with Crippen LogP contribution in [0.25, 0.3) is 0 Å². The molecular formula is C11H13F3N2O3S. The molecule has 2 rings (SSSR count). The smallest absolute Gasteiger partial charge is 0.420 e. The predicted molar refractivity (Wildman–Crippen MR) is 66.9 cm³/mol. The molecule has 1 heterocycles. The Morgan fingerprint density at radius 2 is 1.95 bits per heavy atom. The van der Waals surface area contributed by atoms with E-state index in [0.29, 0.717) is 0 Å². The van der Waals surface area contributed by atoms with Crippen molar-refractivity contribution in [3.8, 4) is 5.75 Å². The van der Waals surface area contributed by atoms with Crippen LogP contribution >= 0.6 is 0 Å². The summed E-state index contributed by atoms with van der Waals surface area (Å²) in [5.74, 6) is -0.448. The number of halogens is 3. The average Bonchev–Trinajstić information content (AvgIpc) is 2.35. The highest BCUT2D eigenvalue weighted by molar-refractivity contribution is 7.90. The Bertz CT molecular complexity index is 614. The summed E-state index contributed by atoms with van der Waals surface area (Å²) >= 11 is 0. The molecule has 0 saturated heterocycles. The molecule has 1 aliphatic rings. The van der Waals surface area contributed by atoms with Crippen molar-refractivity contribution in [1.29, 1.82) is 0 Å². The van der Waals surface area contributed by atoms with Crippen molar-refractivity contribution in [2.75, 3.05) is 31.6 Å². The van der Waals surface area contributed by atoms with Gasteiger partial charge in [-0.2, -0.15) is 25.9 Å². The summed E-state index contributed by atoms with van der Waals surface area (Å²) in [5.41, 5.74) is -1.08. The second kappa shape index (κ2) is 4.81. The van der Waals surface area contributed by atoms with Crippen LogP contribution in [0, 0.1) is 0 Å². The lowest BCUT2D eigenvalue weighted by molar-refractivity contribution is -0.139. The fourth-order valence-corrected chi connectivity index (χ4v) is 2.98. The molecular weight excluding hydrogens is 297 g/mol. The van der Waals surface area contributed by atoms with Gasteiger partial charge >= 0.3 is 16.4 Å². The van der Waals surface area contributed by atoms with Crippen LogP contribution in [-0.2, 0) is 16.4 Å². The first kappa shape index (κ1) is 14.9. The first-order chi connectivity index (χ1) is 9.15. The summed E-state index contributed by atoms with van der Waals surface area (Å²) in [6.45, 7) is -0.165. The van der Waals surface area contributed by atoms with E-state index in [4.69, 9.17) is 4.74 Å². The second-order valence-corrected chi connectivity index (χ2v) is 6.43. The van der Waals surface area contributed by atoms with Crippen LogP contribution in [0.3, 0.4) is 0 Å². The van der Waals surface area contributed by atoms with E-state index in [-0.39, 0.29) is 18.8 Å². The Kier molecular flexibility index (Phi) is 3.59. The summed E-state index contributed by atoms with van der Waals surface area (Å²) in [7, 11) is -1.22. The van der Waals surface area contributed by atoms with Crippen LogP contribution in [0.5, 0.6) is 5.75 Å². The quantitative estimate of drug-likeness (QED) is 0.835. The first-order valence-electron chi connectivity index (χ1n) is 5.69. The number of para-hydroxylation sites is 1. The Hall–Kier alpha value is -1.48. The van der Waals surface area contributed by atoms with E-state index in [9.17, 15) is 21.6 Å². The first-order valence-corrected chi connectivity index (χ1v) is 7.08. The largest absolute Gasteiger partial charge is 0.489 e. The number of rotatable bonds is 2. The van der Waals surface area contributed by atoms with Crippen LogP contribution in [-0.4, -0.2) is 40.0 Å². The third-order valence-electron chi connectivity index (χ3n) is 2.85. The summed E-state index contributed by atoms with van der Waals surface area (Å²) in [6, 6.07) is 3.32. The molecule has 5 nitrogen and oxygen atoms in total. The maximum absolute atomic E-state index is 12.9. The van der Waals surface area contributed by atoms with E-state index in [1.165, 1.54) is 20.2 Å². The van der Waals surface area contributed by atoms with Gasteiger partial charge in [-0.1, -0.05) is 6.07 Å². The molecule has 0 N–H and O–H groups in total. The van der Waals surface area contributed by atoms with Crippen molar-refractivity contribution < 1.29 is 26.3 Å². The summed E-state index contributed by atoms with van der Waals surface area (Å²) in [4.78, 5) is 0. The topological polar surface area (TPSA) is 49.9 Å². The highest BCUT2D eigenvalue weighted by atomic mass is 32.2. The lowest BCUT2D eigenvalue weighted by atomic mass is 10.1. The van der Waals surface area contributed by atoms with E-state index < -0.39 is 27.7 Å². The molecule has 0 saturated carbocycles. The summed E-state index contributed by atoms with van der Waals surface area (Å²) in [5, 5.41) is 0. The maximum atomic E-state index is 12.9. The molecule has 0 atom stereocenters. The van der Waals surface area contributed by atoms with Gasteiger partial charge in [-0.25, -0.2) is 0 Å². The summed E-state index contributed by atoms with van der Waals surface area (Å²) < 4.78 is 69.9. The molecule has 1 aromatic rings. The minimum absolute atomic E-state index is 0.0329. The molecule has 20 heavy (non-hydrogen) atoms. The van der Waals surface area contributed by atoms with E-state index in [1.54, 1.807) is 0 Å². The van der Waals surface area contributed by atoms with Gasteiger partial charge in [-0.05, 0) is 12.1 Å². The number of hydrogen-bond donors (Lipinski definition) is 0. The van der Waals surface area contributed by atoms with Gasteiger partial charge in [0, 0.05) is 14.1 Å². The van der Waals surface area contributed by atoms with Gasteiger partial charge in [0.25, 0.3) is 0 Å². The monoisotopic (exact) mass is 310 g/mol. The molecule has 0 unspecified atom stereocenters. The number of benzene rings is 1. The normalized spacial score (nSPS) is 16.0. The molecule has 1 aromatic carbocycles. The molecule has 0 bridgehead atoms. The Balaban J connectivity index is 2.59.